The topological polar surface area (TPSA) is 108 Å². The largest absolute Gasteiger partial charge is 0.497 e. The first-order valence-corrected chi connectivity index (χ1v) is 12.3. The number of hydrogen-bond donors (Lipinski definition) is 1. The summed E-state index contributed by atoms with van der Waals surface area (Å²) in [4.78, 5) is 24.3. The maximum absolute atomic E-state index is 12.8. The lowest BCUT2D eigenvalue weighted by molar-refractivity contribution is -0.139. The van der Waals surface area contributed by atoms with Crippen molar-refractivity contribution >= 4 is 23.4 Å². The summed E-state index contributed by atoms with van der Waals surface area (Å²) in [5, 5.41) is 18.2. The van der Waals surface area contributed by atoms with Gasteiger partial charge in [0.1, 0.15) is 23.0 Å². The van der Waals surface area contributed by atoms with E-state index in [0.717, 1.165) is 11.3 Å². The molecule has 0 bridgehead atoms. The Kier molecular flexibility index (Phi) is 7.24. The lowest BCUT2D eigenvalue weighted by atomic mass is 9.93. The number of carboxylic acid groups (broad SMARTS) is 1. The molecule has 5 rings (SSSR count). The van der Waals surface area contributed by atoms with Crippen molar-refractivity contribution in [3.8, 4) is 34.3 Å². The van der Waals surface area contributed by atoms with Gasteiger partial charge in [-0.3, -0.25) is 9.59 Å². The Hall–Kier alpha value is -4.43. The third-order valence-electron chi connectivity index (χ3n) is 6.25. The van der Waals surface area contributed by atoms with Gasteiger partial charge in [0.2, 0.25) is 0 Å². The van der Waals surface area contributed by atoms with Crippen molar-refractivity contribution < 1.29 is 28.9 Å². The van der Waals surface area contributed by atoms with E-state index >= 15 is 0 Å². The summed E-state index contributed by atoms with van der Waals surface area (Å²) in [5.41, 5.74) is 3.20. The molecule has 4 aromatic rings. The molecule has 3 aromatic carbocycles. The summed E-state index contributed by atoms with van der Waals surface area (Å²) >= 11 is 6.37. The first kappa shape index (κ1) is 25.2. The van der Waals surface area contributed by atoms with Gasteiger partial charge < -0.3 is 19.3 Å². The molecule has 9 heteroatoms. The predicted octanol–water partition coefficient (Wildman–Crippen LogP) is 5.97. The van der Waals surface area contributed by atoms with Crippen LogP contribution in [0.4, 0.5) is 0 Å². The highest BCUT2D eigenvalue weighted by Gasteiger charge is 2.29. The standard InChI is InChI=1S/C29H23ClN2O6/c1-36-20-7-2-17(3-8-20)25-11-6-19(31-32-25)14-26(33)18-4-9-21(10-5-18)38-28-16-27-23(15-24(28)30)22(29(34)35)12-13-37-27/h2-11,15-16,22H,12-14H2,1H3,(H,34,35). The van der Waals surface area contributed by atoms with Gasteiger partial charge in [0.25, 0.3) is 0 Å². The van der Waals surface area contributed by atoms with Crippen molar-refractivity contribution in [1.29, 1.82) is 0 Å². The van der Waals surface area contributed by atoms with Gasteiger partial charge in [0.15, 0.2) is 5.78 Å². The molecule has 2 heterocycles. The summed E-state index contributed by atoms with van der Waals surface area (Å²) in [5.74, 6) is 0.309. The number of halogens is 1. The molecule has 0 spiro atoms. The van der Waals surface area contributed by atoms with E-state index in [-0.39, 0.29) is 17.2 Å². The zero-order chi connectivity index (χ0) is 26.6. The second kappa shape index (κ2) is 10.9. The van der Waals surface area contributed by atoms with Crippen molar-refractivity contribution in [3.05, 3.63) is 94.6 Å². The first-order chi connectivity index (χ1) is 18.4. The molecule has 1 unspecified atom stereocenters. The SMILES string of the molecule is COc1ccc(-c2ccc(CC(=O)c3ccc(Oc4cc5c(cc4Cl)C(C(=O)O)CCO5)cc3)nn2)cc1. The fourth-order valence-corrected chi connectivity index (χ4v) is 4.41. The monoisotopic (exact) mass is 530 g/mol. The highest BCUT2D eigenvalue weighted by molar-refractivity contribution is 6.32. The molecule has 0 saturated carbocycles. The van der Waals surface area contributed by atoms with Crippen LogP contribution in [0, 0.1) is 0 Å². The van der Waals surface area contributed by atoms with Crippen molar-refractivity contribution in [2.24, 2.45) is 0 Å². The quantitative estimate of drug-likeness (QED) is 0.277. The molecule has 0 radical (unpaired) electrons. The zero-order valence-electron chi connectivity index (χ0n) is 20.4. The number of ether oxygens (including phenoxy) is 3. The Bertz CT molecular complexity index is 1470. The van der Waals surface area contributed by atoms with Gasteiger partial charge in [-0.05, 0) is 73.2 Å². The van der Waals surface area contributed by atoms with E-state index in [4.69, 9.17) is 25.8 Å². The van der Waals surface area contributed by atoms with Crippen molar-refractivity contribution in [3.63, 3.8) is 0 Å². The van der Waals surface area contributed by atoms with Crippen LogP contribution in [0.5, 0.6) is 23.0 Å². The number of aliphatic carboxylic acids is 1. The number of benzene rings is 3. The number of aromatic nitrogens is 2. The number of hydrogen-bond acceptors (Lipinski definition) is 7. The van der Waals surface area contributed by atoms with E-state index in [2.05, 4.69) is 10.2 Å². The number of methoxy groups -OCH3 is 1. The Balaban J connectivity index is 1.24. The van der Waals surface area contributed by atoms with Crippen LogP contribution in [0.1, 0.15) is 34.0 Å². The number of ketones is 1. The van der Waals surface area contributed by atoms with Gasteiger partial charge >= 0.3 is 5.97 Å². The molecule has 1 aliphatic heterocycles. The van der Waals surface area contributed by atoms with Gasteiger partial charge in [0.05, 0.1) is 42.5 Å². The summed E-state index contributed by atoms with van der Waals surface area (Å²) in [7, 11) is 1.61. The van der Waals surface area contributed by atoms with Crippen LogP contribution in [0.3, 0.4) is 0 Å². The predicted molar refractivity (Wildman–Crippen MR) is 141 cm³/mol. The molecule has 1 N–H and O–H groups in total. The molecule has 0 fully saturated rings. The highest BCUT2D eigenvalue weighted by Crippen LogP contribution is 2.41. The fraction of sp³-hybridized carbons (Fsp3) is 0.172. The molecule has 1 atom stereocenters. The molecule has 0 aliphatic carbocycles. The average molecular weight is 531 g/mol. The van der Waals surface area contributed by atoms with Crippen LogP contribution in [0.25, 0.3) is 11.3 Å². The molecule has 38 heavy (non-hydrogen) atoms. The van der Waals surface area contributed by atoms with Gasteiger partial charge in [0, 0.05) is 22.8 Å². The number of carboxylic acids is 1. The number of rotatable bonds is 8. The van der Waals surface area contributed by atoms with Crippen LogP contribution >= 0.6 is 11.6 Å². The molecular formula is C29H23ClN2O6. The van der Waals surface area contributed by atoms with Gasteiger partial charge in [-0.2, -0.15) is 10.2 Å². The smallest absolute Gasteiger partial charge is 0.311 e. The normalized spacial score (nSPS) is 14.2. The lowest BCUT2D eigenvalue weighted by Crippen LogP contribution is -2.20. The number of carbonyl (C=O) groups excluding carboxylic acids is 1. The Labute approximate surface area is 223 Å². The van der Waals surface area contributed by atoms with Crippen LogP contribution in [0.15, 0.2) is 72.8 Å². The molecule has 0 amide bonds. The van der Waals surface area contributed by atoms with Crippen LogP contribution in [-0.4, -0.2) is 40.8 Å². The summed E-state index contributed by atoms with van der Waals surface area (Å²) in [6, 6.07) is 21.0. The average Bonchev–Trinajstić information content (AvgIpc) is 2.94. The molecule has 1 aliphatic rings. The van der Waals surface area contributed by atoms with Crippen LogP contribution in [0.2, 0.25) is 5.02 Å². The molecule has 1 aromatic heterocycles. The van der Waals surface area contributed by atoms with E-state index in [9.17, 15) is 14.7 Å². The van der Waals surface area contributed by atoms with E-state index in [1.807, 2.05) is 30.3 Å². The lowest BCUT2D eigenvalue weighted by Gasteiger charge is -2.24. The third kappa shape index (κ3) is 5.45. The van der Waals surface area contributed by atoms with Crippen molar-refractivity contribution in [2.45, 2.75) is 18.8 Å². The van der Waals surface area contributed by atoms with Crippen molar-refractivity contribution in [2.75, 3.05) is 13.7 Å². The summed E-state index contributed by atoms with van der Waals surface area (Å²) < 4.78 is 16.7. The first-order valence-electron chi connectivity index (χ1n) is 11.9. The van der Waals surface area contributed by atoms with Crippen molar-refractivity contribution in [1.82, 2.24) is 10.2 Å². The minimum Gasteiger partial charge on any atom is -0.497 e. The summed E-state index contributed by atoms with van der Waals surface area (Å²) in [6.45, 7) is 0.302. The molecule has 8 nitrogen and oxygen atoms in total. The van der Waals surface area contributed by atoms with Crippen LogP contribution < -0.4 is 14.2 Å². The molecular weight excluding hydrogens is 508 g/mol. The molecule has 192 valence electrons. The third-order valence-corrected chi connectivity index (χ3v) is 6.55. The Morgan fingerprint density at radius 2 is 1.74 bits per heavy atom. The number of Topliss-reactive ketones (excluding diaryl/α,β-unsaturated/α-hetero) is 1. The fourth-order valence-electron chi connectivity index (χ4n) is 4.20. The van der Waals surface area contributed by atoms with Crippen LogP contribution in [-0.2, 0) is 11.2 Å². The van der Waals surface area contributed by atoms with E-state index in [1.165, 1.54) is 0 Å². The second-order valence-corrected chi connectivity index (χ2v) is 9.12. The Morgan fingerprint density at radius 3 is 2.39 bits per heavy atom. The minimum absolute atomic E-state index is 0.106. The zero-order valence-corrected chi connectivity index (χ0v) is 21.1. The van der Waals surface area contributed by atoms with E-state index in [1.54, 1.807) is 49.6 Å². The van der Waals surface area contributed by atoms with Gasteiger partial charge in [-0.25, -0.2) is 0 Å². The number of carbonyl (C=O) groups is 2. The van der Waals surface area contributed by atoms with Gasteiger partial charge in [-0.15, -0.1) is 0 Å². The maximum Gasteiger partial charge on any atom is 0.311 e. The molecule has 0 saturated heterocycles. The summed E-state index contributed by atoms with van der Waals surface area (Å²) in [6.07, 6.45) is 0.488. The van der Waals surface area contributed by atoms with E-state index < -0.39 is 11.9 Å². The Morgan fingerprint density at radius 1 is 1.00 bits per heavy atom. The maximum atomic E-state index is 12.8. The van der Waals surface area contributed by atoms with E-state index in [0.29, 0.717) is 52.8 Å². The van der Waals surface area contributed by atoms with Gasteiger partial charge in [-0.1, -0.05) is 11.6 Å². The minimum atomic E-state index is -0.918. The number of fused-ring (bicyclic) bond motifs is 1. The number of nitrogens with zero attached hydrogens (tertiary/aromatic N) is 2. The highest BCUT2D eigenvalue weighted by atomic mass is 35.5. The second-order valence-electron chi connectivity index (χ2n) is 8.71.